The molecule has 1 atom stereocenters. The van der Waals surface area contributed by atoms with E-state index in [1.807, 2.05) is 0 Å². The highest BCUT2D eigenvalue weighted by Gasteiger charge is 2.39. The fraction of sp³-hybridized carbons (Fsp3) is 0.400. The summed E-state index contributed by atoms with van der Waals surface area (Å²) in [4.78, 5) is 14.7. The van der Waals surface area contributed by atoms with Gasteiger partial charge in [0.2, 0.25) is 0 Å². The summed E-state index contributed by atoms with van der Waals surface area (Å²) in [6, 6.07) is 3.57. The molecule has 92 valence electrons. The van der Waals surface area contributed by atoms with Crippen molar-refractivity contribution >= 4 is 16.0 Å². The highest BCUT2D eigenvalue weighted by molar-refractivity contribution is 7.89. The molecule has 1 aliphatic rings. The van der Waals surface area contributed by atoms with Gasteiger partial charge in [-0.25, -0.2) is 13.4 Å². The first kappa shape index (κ1) is 12.0. The van der Waals surface area contributed by atoms with Gasteiger partial charge in [-0.05, 0) is 25.0 Å². The van der Waals surface area contributed by atoms with Crippen molar-refractivity contribution in [3.05, 3.63) is 24.4 Å². The topological polar surface area (TPSA) is 87.6 Å². The van der Waals surface area contributed by atoms with Gasteiger partial charge in [0.25, 0.3) is 10.0 Å². The van der Waals surface area contributed by atoms with Crippen molar-refractivity contribution in [1.29, 1.82) is 0 Å². The van der Waals surface area contributed by atoms with E-state index in [-0.39, 0.29) is 11.6 Å². The van der Waals surface area contributed by atoms with Gasteiger partial charge in [0, 0.05) is 12.7 Å². The van der Waals surface area contributed by atoms with Crippen LogP contribution in [0.5, 0.6) is 0 Å². The fourth-order valence-electron chi connectivity index (χ4n) is 1.89. The molecule has 1 saturated heterocycles. The molecule has 0 amide bonds. The van der Waals surface area contributed by atoms with Crippen LogP contribution in [0.2, 0.25) is 0 Å². The smallest absolute Gasteiger partial charge is 0.322 e. The molecule has 0 saturated carbocycles. The molecule has 7 heteroatoms. The number of aliphatic carboxylic acids is 1. The van der Waals surface area contributed by atoms with Crippen LogP contribution in [-0.4, -0.2) is 41.4 Å². The summed E-state index contributed by atoms with van der Waals surface area (Å²) in [5.74, 6) is -1.11. The monoisotopic (exact) mass is 256 g/mol. The van der Waals surface area contributed by atoms with Gasteiger partial charge >= 0.3 is 5.97 Å². The quantitative estimate of drug-likeness (QED) is 0.841. The van der Waals surface area contributed by atoms with E-state index in [0.717, 1.165) is 4.31 Å². The van der Waals surface area contributed by atoms with Gasteiger partial charge in [-0.15, -0.1) is 0 Å². The van der Waals surface area contributed by atoms with Crippen molar-refractivity contribution in [3.8, 4) is 0 Å². The van der Waals surface area contributed by atoms with Crippen molar-refractivity contribution in [2.75, 3.05) is 6.54 Å². The highest BCUT2D eigenvalue weighted by Crippen LogP contribution is 2.24. The maximum absolute atomic E-state index is 12.1. The van der Waals surface area contributed by atoms with Crippen LogP contribution in [0.15, 0.2) is 29.4 Å². The summed E-state index contributed by atoms with van der Waals surface area (Å²) in [6.07, 6.45) is 2.28. The van der Waals surface area contributed by atoms with Gasteiger partial charge in [0.15, 0.2) is 5.03 Å². The third-order valence-electron chi connectivity index (χ3n) is 2.70. The third kappa shape index (κ3) is 2.16. The second-order valence-corrected chi connectivity index (χ2v) is 5.62. The minimum absolute atomic E-state index is 0.104. The zero-order chi connectivity index (χ0) is 12.5. The first-order valence-corrected chi connectivity index (χ1v) is 6.63. The standard InChI is InChI=1S/C10H12N2O4S/c13-10(14)8-4-3-7-12(8)17(15,16)9-5-1-2-6-11-9/h1-2,5-6,8H,3-4,7H2,(H,13,14). The summed E-state index contributed by atoms with van der Waals surface area (Å²) in [6.45, 7) is 0.232. The van der Waals surface area contributed by atoms with Crippen LogP contribution >= 0.6 is 0 Å². The molecule has 1 aromatic rings. The van der Waals surface area contributed by atoms with Gasteiger partial charge in [-0.1, -0.05) is 6.07 Å². The normalized spacial score (nSPS) is 21.5. The molecule has 1 aliphatic heterocycles. The second kappa shape index (κ2) is 4.42. The van der Waals surface area contributed by atoms with Crippen LogP contribution in [0.3, 0.4) is 0 Å². The number of pyridine rings is 1. The van der Waals surface area contributed by atoms with Crippen molar-refractivity contribution in [2.45, 2.75) is 23.9 Å². The van der Waals surface area contributed by atoms with E-state index >= 15 is 0 Å². The SMILES string of the molecule is O=C(O)C1CCCN1S(=O)(=O)c1ccccn1. The number of nitrogens with zero attached hydrogens (tertiary/aromatic N) is 2. The van der Waals surface area contributed by atoms with Crippen LogP contribution in [0.1, 0.15) is 12.8 Å². The lowest BCUT2D eigenvalue weighted by Gasteiger charge is -2.20. The van der Waals surface area contributed by atoms with E-state index in [1.165, 1.54) is 12.3 Å². The summed E-state index contributed by atoms with van der Waals surface area (Å²) >= 11 is 0. The number of hydrogen-bond acceptors (Lipinski definition) is 4. The lowest BCUT2D eigenvalue weighted by molar-refractivity contribution is -0.140. The molecule has 6 nitrogen and oxygen atoms in total. The molecule has 2 rings (SSSR count). The van der Waals surface area contributed by atoms with Crippen molar-refractivity contribution < 1.29 is 18.3 Å². The molecule has 0 aliphatic carbocycles. The first-order chi connectivity index (χ1) is 8.03. The molecule has 2 heterocycles. The van der Waals surface area contributed by atoms with Crippen LogP contribution < -0.4 is 0 Å². The Morgan fingerprint density at radius 3 is 2.82 bits per heavy atom. The van der Waals surface area contributed by atoms with Crippen LogP contribution in [0.25, 0.3) is 0 Å². The summed E-state index contributed by atoms with van der Waals surface area (Å²) in [7, 11) is -3.79. The van der Waals surface area contributed by atoms with E-state index < -0.39 is 22.0 Å². The number of carbonyl (C=O) groups is 1. The summed E-state index contributed by atoms with van der Waals surface area (Å²) < 4.78 is 25.3. The Bertz CT molecular complexity index is 514. The van der Waals surface area contributed by atoms with Crippen LogP contribution in [0.4, 0.5) is 0 Å². The Labute approximate surface area is 98.9 Å². The van der Waals surface area contributed by atoms with Gasteiger partial charge < -0.3 is 5.11 Å². The van der Waals surface area contributed by atoms with Gasteiger partial charge in [-0.2, -0.15) is 4.31 Å². The van der Waals surface area contributed by atoms with Gasteiger partial charge in [0.1, 0.15) is 6.04 Å². The zero-order valence-electron chi connectivity index (χ0n) is 8.98. The second-order valence-electron chi connectivity index (χ2n) is 3.78. The molecule has 1 aromatic heterocycles. The molecule has 17 heavy (non-hydrogen) atoms. The molecule has 0 radical (unpaired) electrons. The predicted molar refractivity (Wildman–Crippen MR) is 58.8 cm³/mol. The van der Waals surface area contributed by atoms with Crippen molar-refractivity contribution in [2.24, 2.45) is 0 Å². The molecule has 1 N–H and O–H groups in total. The summed E-state index contributed by atoms with van der Waals surface area (Å²) in [5, 5.41) is 8.86. The molecule has 1 unspecified atom stereocenters. The van der Waals surface area contributed by atoms with Gasteiger partial charge in [0.05, 0.1) is 0 Å². The van der Waals surface area contributed by atoms with Crippen molar-refractivity contribution in [1.82, 2.24) is 9.29 Å². The van der Waals surface area contributed by atoms with E-state index in [2.05, 4.69) is 4.98 Å². The fourth-order valence-corrected chi connectivity index (χ4v) is 3.48. The molecule has 0 aromatic carbocycles. The molecule has 0 bridgehead atoms. The van der Waals surface area contributed by atoms with Crippen LogP contribution in [-0.2, 0) is 14.8 Å². The third-order valence-corrected chi connectivity index (χ3v) is 4.52. The Hall–Kier alpha value is -1.47. The van der Waals surface area contributed by atoms with E-state index in [1.54, 1.807) is 12.1 Å². The highest BCUT2D eigenvalue weighted by atomic mass is 32.2. The minimum Gasteiger partial charge on any atom is -0.480 e. The summed E-state index contributed by atoms with van der Waals surface area (Å²) in [5.41, 5.74) is 0. The molecular formula is C10H12N2O4S. The Morgan fingerprint density at radius 2 is 2.24 bits per heavy atom. The minimum atomic E-state index is -3.79. The largest absolute Gasteiger partial charge is 0.480 e. The van der Waals surface area contributed by atoms with Crippen molar-refractivity contribution in [3.63, 3.8) is 0 Å². The Balaban J connectivity index is 2.37. The van der Waals surface area contributed by atoms with E-state index in [4.69, 9.17) is 5.11 Å². The molecule has 1 fully saturated rings. The molecule has 0 spiro atoms. The maximum atomic E-state index is 12.1. The lowest BCUT2D eigenvalue weighted by Crippen LogP contribution is -2.40. The Morgan fingerprint density at radius 1 is 1.47 bits per heavy atom. The Kier molecular flexibility index (Phi) is 3.12. The number of hydrogen-bond donors (Lipinski definition) is 1. The van der Waals surface area contributed by atoms with Crippen LogP contribution in [0, 0.1) is 0 Å². The van der Waals surface area contributed by atoms with Gasteiger partial charge in [-0.3, -0.25) is 4.79 Å². The zero-order valence-corrected chi connectivity index (χ0v) is 9.80. The average molecular weight is 256 g/mol. The average Bonchev–Trinajstić information content (AvgIpc) is 2.80. The maximum Gasteiger partial charge on any atom is 0.322 e. The number of aromatic nitrogens is 1. The number of carboxylic acid groups (broad SMARTS) is 1. The number of sulfonamides is 1. The first-order valence-electron chi connectivity index (χ1n) is 5.19. The number of carboxylic acids is 1. The predicted octanol–water partition coefficient (Wildman–Crippen LogP) is 0.319. The lowest BCUT2D eigenvalue weighted by atomic mass is 10.2. The van der Waals surface area contributed by atoms with E-state index in [0.29, 0.717) is 12.8 Å². The number of rotatable bonds is 3. The molecular weight excluding hydrogens is 244 g/mol. The van der Waals surface area contributed by atoms with E-state index in [9.17, 15) is 13.2 Å².